The van der Waals surface area contributed by atoms with Gasteiger partial charge in [-0.05, 0) is 30.5 Å². The second-order valence-corrected chi connectivity index (χ2v) is 4.55. The number of methoxy groups -OCH3 is 1. The third-order valence-electron chi connectivity index (χ3n) is 3.15. The van der Waals surface area contributed by atoms with Crippen molar-refractivity contribution in [2.75, 3.05) is 20.3 Å². The first-order chi connectivity index (χ1) is 8.78. The van der Waals surface area contributed by atoms with E-state index in [9.17, 15) is 0 Å². The summed E-state index contributed by atoms with van der Waals surface area (Å²) in [6, 6.07) is 8.23. The van der Waals surface area contributed by atoms with E-state index in [2.05, 4.69) is 12.1 Å². The molecule has 1 aromatic carbocycles. The Balaban J connectivity index is 1.72. The fourth-order valence-electron chi connectivity index (χ4n) is 2.05. The minimum Gasteiger partial charge on any atom is -0.497 e. The fraction of sp³-hybridized carbons (Fsp3) is 0.571. The zero-order valence-electron chi connectivity index (χ0n) is 10.8. The Morgan fingerprint density at radius 3 is 2.56 bits per heavy atom. The molecule has 1 aliphatic rings. The molecule has 0 aliphatic carbocycles. The minimum atomic E-state index is -0.101. The zero-order valence-corrected chi connectivity index (χ0v) is 10.8. The lowest BCUT2D eigenvalue weighted by atomic mass is 10.0. The molecule has 1 atom stereocenters. The first kappa shape index (κ1) is 13.3. The number of ether oxygens (including phenoxy) is 3. The van der Waals surface area contributed by atoms with Crippen LogP contribution in [0.1, 0.15) is 18.4 Å². The molecule has 1 aromatic rings. The summed E-state index contributed by atoms with van der Waals surface area (Å²) < 4.78 is 15.9. The normalized spacial score (nSPS) is 17.9. The van der Waals surface area contributed by atoms with Crippen molar-refractivity contribution in [3.05, 3.63) is 29.8 Å². The molecule has 0 amide bonds. The maximum absolute atomic E-state index is 6.07. The minimum absolute atomic E-state index is 0.101. The smallest absolute Gasteiger partial charge is 0.159 e. The van der Waals surface area contributed by atoms with Gasteiger partial charge in [-0.25, -0.2) is 0 Å². The van der Waals surface area contributed by atoms with E-state index >= 15 is 0 Å². The van der Waals surface area contributed by atoms with Gasteiger partial charge in [0.15, 0.2) is 6.29 Å². The van der Waals surface area contributed by atoms with Gasteiger partial charge in [0.25, 0.3) is 0 Å². The summed E-state index contributed by atoms with van der Waals surface area (Å²) in [5.41, 5.74) is 7.35. The third kappa shape index (κ3) is 3.98. The summed E-state index contributed by atoms with van der Waals surface area (Å²) in [5.74, 6) is 0.885. The van der Waals surface area contributed by atoms with Crippen LogP contribution >= 0.6 is 0 Å². The SMILES string of the molecule is COc1ccc(CCC(N)CC2OCCO2)cc1. The average Bonchev–Trinajstić information content (AvgIpc) is 2.90. The topological polar surface area (TPSA) is 53.7 Å². The van der Waals surface area contributed by atoms with E-state index in [0.717, 1.165) is 25.0 Å². The van der Waals surface area contributed by atoms with Crippen LogP contribution < -0.4 is 10.5 Å². The number of aryl methyl sites for hydroxylation is 1. The molecule has 1 heterocycles. The Kier molecular flexibility index (Phi) is 4.99. The molecule has 2 N–H and O–H groups in total. The molecule has 100 valence electrons. The van der Waals surface area contributed by atoms with Crippen molar-refractivity contribution >= 4 is 0 Å². The number of benzene rings is 1. The van der Waals surface area contributed by atoms with Gasteiger partial charge in [0.05, 0.1) is 20.3 Å². The lowest BCUT2D eigenvalue weighted by Gasteiger charge is -2.15. The van der Waals surface area contributed by atoms with Crippen LogP contribution in [-0.2, 0) is 15.9 Å². The summed E-state index contributed by atoms with van der Waals surface area (Å²) in [6.45, 7) is 1.38. The lowest BCUT2D eigenvalue weighted by molar-refractivity contribution is -0.0508. The Labute approximate surface area is 108 Å². The predicted molar refractivity (Wildman–Crippen MR) is 69.6 cm³/mol. The van der Waals surface area contributed by atoms with Gasteiger partial charge in [0, 0.05) is 12.5 Å². The lowest BCUT2D eigenvalue weighted by Crippen LogP contribution is -2.27. The summed E-state index contributed by atoms with van der Waals surface area (Å²) in [5, 5.41) is 0. The van der Waals surface area contributed by atoms with Crippen molar-refractivity contribution in [2.24, 2.45) is 5.73 Å². The Morgan fingerprint density at radius 1 is 1.28 bits per heavy atom. The van der Waals surface area contributed by atoms with Gasteiger partial charge < -0.3 is 19.9 Å². The molecule has 0 aromatic heterocycles. The predicted octanol–water partition coefficient (Wildman–Crippen LogP) is 1.72. The third-order valence-corrected chi connectivity index (χ3v) is 3.15. The molecule has 1 aliphatic heterocycles. The van der Waals surface area contributed by atoms with Crippen LogP contribution in [-0.4, -0.2) is 32.7 Å². The van der Waals surface area contributed by atoms with Gasteiger partial charge in [-0.1, -0.05) is 12.1 Å². The monoisotopic (exact) mass is 251 g/mol. The van der Waals surface area contributed by atoms with Crippen LogP contribution in [0.15, 0.2) is 24.3 Å². The molecule has 0 spiro atoms. The highest BCUT2D eigenvalue weighted by atomic mass is 16.7. The Bertz CT molecular complexity index is 347. The zero-order chi connectivity index (χ0) is 12.8. The summed E-state index contributed by atoms with van der Waals surface area (Å²) in [4.78, 5) is 0. The van der Waals surface area contributed by atoms with Gasteiger partial charge in [-0.2, -0.15) is 0 Å². The van der Waals surface area contributed by atoms with E-state index in [4.69, 9.17) is 19.9 Å². The van der Waals surface area contributed by atoms with E-state index in [-0.39, 0.29) is 12.3 Å². The average molecular weight is 251 g/mol. The standard InChI is InChI=1S/C14H21NO3/c1-16-13-6-3-11(4-7-13)2-5-12(15)10-14-17-8-9-18-14/h3-4,6-7,12,14H,2,5,8-10,15H2,1H3. The van der Waals surface area contributed by atoms with Gasteiger partial charge in [-0.3, -0.25) is 0 Å². The molecule has 0 bridgehead atoms. The van der Waals surface area contributed by atoms with Crippen LogP contribution in [0.25, 0.3) is 0 Å². The highest BCUT2D eigenvalue weighted by Crippen LogP contribution is 2.15. The first-order valence-electron chi connectivity index (χ1n) is 6.39. The maximum Gasteiger partial charge on any atom is 0.159 e. The molecule has 4 heteroatoms. The van der Waals surface area contributed by atoms with Crippen molar-refractivity contribution in [1.29, 1.82) is 0 Å². The van der Waals surface area contributed by atoms with Crippen molar-refractivity contribution < 1.29 is 14.2 Å². The highest BCUT2D eigenvalue weighted by Gasteiger charge is 2.18. The van der Waals surface area contributed by atoms with E-state index in [1.165, 1.54) is 5.56 Å². The van der Waals surface area contributed by atoms with Gasteiger partial charge >= 0.3 is 0 Å². The molecule has 18 heavy (non-hydrogen) atoms. The molecular weight excluding hydrogens is 230 g/mol. The second-order valence-electron chi connectivity index (χ2n) is 4.55. The highest BCUT2D eigenvalue weighted by molar-refractivity contribution is 5.27. The molecule has 0 saturated carbocycles. The van der Waals surface area contributed by atoms with Crippen molar-refractivity contribution in [3.63, 3.8) is 0 Å². The summed E-state index contributed by atoms with van der Waals surface area (Å²) in [7, 11) is 1.67. The number of hydrogen-bond donors (Lipinski definition) is 1. The van der Waals surface area contributed by atoms with Crippen LogP contribution in [0, 0.1) is 0 Å². The van der Waals surface area contributed by atoms with E-state index in [1.54, 1.807) is 7.11 Å². The van der Waals surface area contributed by atoms with E-state index in [0.29, 0.717) is 13.2 Å². The van der Waals surface area contributed by atoms with Crippen LogP contribution in [0.2, 0.25) is 0 Å². The molecular formula is C14H21NO3. The number of rotatable bonds is 6. The molecule has 1 saturated heterocycles. The van der Waals surface area contributed by atoms with Crippen molar-refractivity contribution in [1.82, 2.24) is 0 Å². The second kappa shape index (κ2) is 6.73. The Hall–Kier alpha value is -1.10. The molecule has 2 rings (SSSR count). The van der Waals surface area contributed by atoms with Gasteiger partial charge in [0.1, 0.15) is 5.75 Å². The molecule has 1 fully saturated rings. The van der Waals surface area contributed by atoms with Gasteiger partial charge in [-0.15, -0.1) is 0 Å². The maximum atomic E-state index is 6.07. The number of nitrogens with two attached hydrogens (primary N) is 1. The van der Waals surface area contributed by atoms with Crippen LogP contribution in [0.5, 0.6) is 5.75 Å². The van der Waals surface area contributed by atoms with Crippen LogP contribution in [0.4, 0.5) is 0 Å². The van der Waals surface area contributed by atoms with Crippen molar-refractivity contribution in [3.8, 4) is 5.75 Å². The number of hydrogen-bond acceptors (Lipinski definition) is 4. The molecule has 0 radical (unpaired) electrons. The van der Waals surface area contributed by atoms with E-state index < -0.39 is 0 Å². The summed E-state index contributed by atoms with van der Waals surface area (Å²) >= 11 is 0. The Morgan fingerprint density at radius 2 is 1.94 bits per heavy atom. The largest absolute Gasteiger partial charge is 0.497 e. The quantitative estimate of drug-likeness (QED) is 0.836. The molecule has 4 nitrogen and oxygen atoms in total. The summed E-state index contributed by atoms with van der Waals surface area (Å²) in [6.07, 6.45) is 2.58. The van der Waals surface area contributed by atoms with Gasteiger partial charge in [0.2, 0.25) is 0 Å². The van der Waals surface area contributed by atoms with Crippen LogP contribution in [0.3, 0.4) is 0 Å². The first-order valence-corrected chi connectivity index (χ1v) is 6.39. The van der Waals surface area contributed by atoms with E-state index in [1.807, 2.05) is 12.1 Å². The molecule has 1 unspecified atom stereocenters. The van der Waals surface area contributed by atoms with Crippen molar-refractivity contribution in [2.45, 2.75) is 31.6 Å². The fourth-order valence-corrected chi connectivity index (χ4v) is 2.05.